The van der Waals surface area contributed by atoms with Crippen LogP contribution in [0.25, 0.3) is 0 Å². The van der Waals surface area contributed by atoms with E-state index in [0.29, 0.717) is 48.9 Å². The first kappa shape index (κ1) is 40.1. The van der Waals surface area contributed by atoms with Crippen molar-refractivity contribution in [2.45, 2.75) is 94.7 Å². The van der Waals surface area contributed by atoms with Gasteiger partial charge in [-0.1, -0.05) is 68.1 Å². The Morgan fingerprint density at radius 1 is 0.667 bits per heavy atom. The number of ether oxygens (including phenoxy) is 4. The van der Waals surface area contributed by atoms with E-state index in [1.54, 1.807) is 26.4 Å². The molecule has 266 valence electrons. The van der Waals surface area contributed by atoms with Gasteiger partial charge in [-0.15, -0.1) is 0 Å². The summed E-state index contributed by atoms with van der Waals surface area (Å²) in [6.07, 6.45) is 10.4. The third kappa shape index (κ3) is 15.5. The summed E-state index contributed by atoms with van der Waals surface area (Å²) in [6.45, 7) is 2.27. The molecule has 2 saturated heterocycles. The van der Waals surface area contributed by atoms with E-state index in [1.165, 1.54) is 51.2 Å². The van der Waals surface area contributed by atoms with Crippen molar-refractivity contribution < 1.29 is 33.3 Å². The SMILES string of the molecule is COc1ccc(CNC(=O)CCCC[C@@H]2CCSS2)cc1OC.COc1ccc(CNC(=O)CCCC[C@@H]2CCSS2)cc1OC(C)=O. The summed E-state index contributed by atoms with van der Waals surface area (Å²) < 4.78 is 20.8. The van der Waals surface area contributed by atoms with Gasteiger partial charge >= 0.3 is 5.97 Å². The number of unbranched alkanes of at least 4 members (excludes halogenated alkanes) is 2. The number of carbonyl (C=O) groups excluding carboxylic acids is 3. The minimum atomic E-state index is -0.404. The van der Waals surface area contributed by atoms with E-state index in [2.05, 4.69) is 10.6 Å². The Morgan fingerprint density at radius 3 is 1.54 bits per heavy atom. The van der Waals surface area contributed by atoms with E-state index < -0.39 is 5.97 Å². The number of nitrogens with one attached hydrogen (secondary N) is 2. The Balaban J connectivity index is 0.000000261. The van der Waals surface area contributed by atoms with Crippen molar-refractivity contribution in [2.24, 2.45) is 0 Å². The lowest BCUT2D eigenvalue weighted by atomic mass is 10.1. The van der Waals surface area contributed by atoms with Gasteiger partial charge in [-0.05, 0) is 73.9 Å². The second kappa shape index (κ2) is 23.1. The maximum absolute atomic E-state index is 12.0. The first-order chi connectivity index (χ1) is 23.3. The fourth-order valence-electron chi connectivity index (χ4n) is 5.08. The molecule has 0 saturated carbocycles. The lowest BCUT2D eigenvalue weighted by molar-refractivity contribution is -0.132. The van der Waals surface area contributed by atoms with Crippen LogP contribution in [0.15, 0.2) is 36.4 Å². The topological polar surface area (TPSA) is 112 Å². The molecule has 2 aliphatic heterocycles. The molecule has 0 aliphatic carbocycles. The number of amides is 2. The molecule has 4 rings (SSSR count). The smallest absolute Gasteiger partial charge is 0.308 e. The summed E-state index contributed by atoms with van der Waals surface area (Å²) in [7, 11) is 12.7. The van der Waals surface area contributed by atoms with Crippen molar-refractivity contribution in [3.8, 4) is 23.0 Å². The Kier molecular flexibility index (Phi) is 19.3. The Labute approximate surface area is 301 Å². The summed E-state index contributed by atoms with van der Waals surface area (Å²) in [5, 5.41) is 7.46. The average molecular weight is 739 g/mol. The summed E-state index contributed by atoms with van der Waals surface area (Å²) in [5.74, 6) is 4.55. The third-order valence-corrected chi connectivity index (χ3v) is 13.7. The molecule has 2 aromatic carbocycles. The minimum absolute atomic E-state index is 0.0540. The molecule has 48 heavy (non-hydrogen) atoms. The van der Waals surface area contributed by atoms with Gasteiger partial charge in [-0.25, -0.2) is 0 Å². The van der Waals surface area contributed by atoms with Gasteiger partial charge in [0.15, 0.2) is 23.0 Å². The fourth-order valence-corrected chi connectivity index (χ4v) is 11.1. The van der Waals surface area contributed by atoms with Gasteiger partial charge in [0.25, 0.3) is 0 Å². The van der Waals surface area contributed by atoms with Crippen molar-refractivity contribution in [1.82, 2.24) is 10.6 Å². The molecule has 2 heterocycles. The van der Waals surface area contributed by atoms with Crippen molar-refractivity contribution >= 4 is 61.0 Å². The van der Waals surface area contributed by atoms with Crippen LogP contribution in [0, 0.1) is 0 Å². The molecule has 0 unspecified atom stereocenters. The van der Waals surface area contributed by atoms with E-state index in [1.807, 2.05) is 67.4 Å². The second-order valence-electron chi connectivity index (χ2n) is 11.5. The Bertz CT molecular complexity index is 1290. The molecule has 13 heteroatoms. The normalized spacial score (nSPS) is 16.8. The standard InChI is InChI=1S/C18H25NO4S2.C17H25NO3S2/c1-13(20)23-17-11-14(7-8-16(17)22-2)12-19-18(21)6-4-3-5-15-9-10-24-25-15;1-20-15-8-7-13(11-16(15)21-2)12-18-17(19)6-4-3-5-14-9-10-22-23-14/h7-8,11,15H,3-6,9-10,12H2,1-2H3,(H,19,21);7-8,11,14H,3-6,9-10,12H2,1-2H3,(H,18,19)/t15-;14-/m11/s1. The molecule has 0 radical (unpaired) electrons. The molecule has 0 spiro atoms. The lowest BCUT2D eigenvalue weighted by Gasteiger charge is -2.11. The molecule has 2 amide bonds. The molecular formula is C35H50N2O7S4. The average Bonchev–Trinajstić information content (AvgIpc) is 3.82. The lowest BCUT2D eigenvalue weighted by Crippen LogP contribution is -2.22. The largest absolute Gasteiger partial charge is 0.493 e. The predicted molar refractivity (Wildman–Crippen MR) is 201 cm³/mol. The number of hydrogen-bond donors (Lipinski definition) is 2. The van der Waals surface area contributed by atoms with Crippen LogP contribution in [0.4, 0.5) is 0 Å². The first-order valence-corrected chi connectivity index (χ1v) is 21.2. The van der Waals surface area contributed by atoms with Gasteiger partial charge in [-0.2, -0.15) is 0 Å². The zero-order valence-corrected chi connectivity index (χ0v) is 31.8. The third-order valence-electron chi connectivity index (χ3n) is 7.72. The van der Waals surface area contributed by atoms with Gasteiger partial charge in [0.2, 0.25) is 11.8 Å². The molecule has 0 aromatic heterocycles. The highest BCUT2D eigenvalue weighted by atomic mass is 33.1. The number of hydrogen-bond acceptors (Lipinski definition) is 11. The van der Waals surface area contributed by atoms with Crippen LogP contribution in [0.2, 0.25) is 0 Å². The van der Waals surface area contributed by atoms with Crippen LogP contribution >= 0.6 is 43.2 Å². The number of esters is 1. The van der Waals surface area contributed by atoms with Gasteiger partial charge in [0, 0.05) is 54.9 Å². The maximum Gasteiger partial charge on any atom is 0.308 e. The minimum Gasteiger partial charge on any atom is -0.493 e. The first-order valence-electron chi connectivity index (χ1n) is 16.5. The van der Waals surface area contributed by atoms with Gasteiger partial charge in [0.1, 0.15) is 0 Å². The molecule has 2 atom stereocenters. The molecule has 2 aliphatic rings. The van der Waals surface area contributed by atoms with Crippen LogP contribution in [0.5, 0.6) is 23.0 Å². The second-order valence-corrected chi connectivity index (χ2v) is 17.0. The van der Waals surface area contributed by atoms with Crippen molar-refractivity contribution in [2.75, 3.05) is 32.8 Å². The maximum atomic E-state index is 12.0. The fraction of sp³-hybridized carbons (Fsp3) is 0.571. The zero-order chi connectivity index (χ0) is 34.6. The van der Waals surface area contributed by atoms with E-state index in [9.17, 15) is 14.4 Å². The molecule has 2 aromatic rings. The highest BCUT2D eigenvalue weighted by molar-refractivity contribution is 8.77. The number of benzene rings is 2. The van der Waals surface area contributed by atoms with Crippen molar-refractivity contribution in [3.63, 3.8) is 0 Å². The van der Waals surface area contributed by atoms with E-state index in [4.69, 9.17) is 18.9 Å². The summed E-state index contributed by atoms with van der Waals surface area (Å²) in [6, 6.07) is 11.0. The highest BCUT2D eigenvalue weighted by Crippen LogP contribution is 2.40. The molecular weight excluding hydrogens is 689 g/mol. The van der Waals surface area contributed by atoms with Crippen LogP contribution in [0.3, 0.4) is 0 Å². The van der Waals surface area contributed by atoms with Crippen LogP contribution in [0.1, 0.15) is 82.3 Å². The monoisotopic (exact) mass is 738 g/mol. The van der Waals surface area contributed by atoms with Crippen LogP contribution < -0.4 is 29.6 Å². The van der Waals surface area contributed by atoms with Gasteiger partial charge in [-0.3, -0.25) is 14.4 Å². The van der Waals surface area contributed by atoms with Crippen molar-refractivity contribution in [3.05, 3.63) is 47.5 Å². The van der Waals surface area contributed by atoms with E-state index >= 15 is 0 Å². The van der Waals surface area contributed by atoms with Crippen LogP contribution in [-0.2, 0) is 27.5 Å². The summed E-state index contributed by atoms with van der Waals surface area (Å²) in [5.41, 5.74) is 1.88. The van der Waals surface area contributed by atoms with Crippen LogP contribution in [-0.4, -0.2) is 61.1 Å². The number of carbonyl (C=O) groups is 3. The predicted octanol–water partition coefficient (Wildman–Crippen LogP) is 7.98. The number of methoxy groups -OCH3 is 3. The Hall–Kier alpha value is -2.35. The van der Waals surface area contributed by atoms with E-state index in [0.717, 1.165) is 47.3 Å². The van der Waals surface area contributed by atoms with Crippen molar-refractivity contribution in [1.29, 1.82) is 0 Å². The van der Waals surface area contributed by atoms with E-state index in [-0.39, 0.29) is 11.8 Å². The zero-order valence-electron chi connectivity index (χ0n) is 28.5. The number of rotatable bonds is 18. The Morgan fingerprint density at radius 2 is 1.12 bits per heavy atom. The molecule has 2 N–H and O–H groups in total. The highest BCUT2D eigenvalue weighted by Gasteiger charge is 2.17. The molecule has 0 bridgehead atoms. The molecule has 2 fully saturated rings. The summed E-state index contributed by atoms with van der Waals surface area (Å²) in [4.78, 5) is 35.0. The summed E-state index contributed by atoms with van der Waals surface area (Å²) >= 11 is 0. The molecule has 9 nitrogen and oxygen atoms in total. The van der Waals surface area contributed by atoms with Gasteiger partial charge < -0.3 is 29.6 Å². The van der Waals surface area contributed by atoms with Gasteiger partial charge in [0.05, 0.1) is 21.3 Å². The quantitative estimate of drug-likeness (QED) is 0.0672.